The molecule has 1 aromatic carbocycles. The average Bonchev–Trinajstić information content (AvgIpc) is 3.36. The van der Waals surface area contributed by atoms with E-state index in [0.717, 1.165) is 31.2 Å². The van der Waals surface area contributed by atoms with Crippen LogP contribution >= 0.6 is 11.8 Å². The van der Waals surface area contributed by atoms with Gasteiger partial charge in [-0.15, -0.1) is 0 Å². The van der Waals surface area contributed by atoms with Gasteiger partial charge in [-0.1, -0.05) is 37.1 Å². The van der Waals surface area contributed by atoms with Gasteiger partial charge in [0, 0.05) is 17.7 Å². The van der Waals surface area contributed by atoms with Gasteiger partial charge >= 0.3 is 0 Å². The number of carbonyl (C=O) groups is 1. The number of benzene rings is 1. The van der Waals surface area contributed by atoms with Crippen LogP contribution < -0.4 is 9.47 Å². The topological polar surface area (TPSA) is 85.3 Å². The standard InChI is InChI=1S/C20H24N2O5S2/c23-19(14-4-2-1-3-5-14)21-20-22(15-10-29(24,25)11-18(15)28-20)9-13-6-7-16-17(8-13)27-12-26-16/h6-8,14-15,18H,1-5,9-12H2/t15-,18-/m1/s1. The Bertz CT molecular complexity index is 956. The monoisotopic (exact) mass is 436 g/mol. The maximum atomic E-state index is 12.8. The summed E-state index contributed by atoms with van der Waals surface area (Å²) in [6.07, 6.45) is 5.16. The highest BCUT2D eigenvalue weighted by molar-refractivity contribution is 8.15. The number of ether oxygens (including phenoxy) is 2. The predicted molar refractivity (Wildman–Crippen MR) is 111 cm³/mol. The fraction of sp³-hybridized carbons (Fsp3) is 0.600. The van der Waals surface area contributed by atoms with E-state index in [1.54, 1.807) is 0 Å². The first-order valence-electron chi connectivity index (χ1n) is 10.1. The summed E-state index contributed by atoms with van der Waals surface area (Å²) in [6, 6.07) is 5.60. The minimum Gasteiger partial charge on any atom is -0.454 e. The number of aliphatic imine (C=N–C) groups is 1. The Morgan fingerprint density at radius 2 is 1.93 bits per heavy atom. The summed E-state index contributed by atoms with van der Waals surface area (Å²) < 4.78 is 35.2. The van der Waals surface area contributed by atoms with Crippen LogP contribution in [-0.4, -0.2) is 54.0 Å². The average molecular weight is 437 g/mol. The van der Waals surface area contributed by atoms with Gasteiger partial charge in [0.1, 0.15) is 0 Å². The van der Waals surface area contributed by atoms with E-state index in [2.05, 4.69) is 4.99 Å². The van der Waals surface area contributed by atoms with Crippen molar-refractivity contribution in [2.24, 2.45) is 10.9 Å². The van der Waals surface area contributed by atoms with E-state index in [9.17, 15) is 13.2 Å². The quantitative estimate of drug-likeness (QED) is 0.720. The lowest BCUT2D eigenvalue weighted by Crippen LogP contribution is -2.37. The Labute approximate surface area is 174 Å². The van der Waals surface area contributed by atoms with Gasteiger partial charge in [0.05, 0.1) is 17.5 Å². The van der Waals surface area contributed by atoms with Crippen LogP contribution in [0.15, 0.2) is 23.2 Å². The molecule has 0 N–H and O–H groups in total. The van der Waals surface area contributed by atoms with Gasteiger partial charge in [0.2, 0.25) is 6.79 Å². The van der Waals surface area contributed by atoms with E-state index in [-0.39, 0.29) is 41.4 Å². The molecule has 9 heteroatoms. The third-order valence-electron chi connectivity index (χ3n) is 6.13. The molecule has 0 aromatic heterocycles. The van der Waals surface area contributed by atoms with Gasteiger partial charge in [-0.25, -0.2) is 8.42 Å². The number of hydrogen-bond acceptors (Lipinski definition) is 6. The molecule has 2 atom stereocenters. The smallest absolute Gasteiger partial charge is 0.251 e. The zero-order valence-corrected chi connectivity index (χ0v) is 17.7. The first-order valence-corrected chi connectivity index (χ1v) is 12.8. The molecule has 0 bridgehead atoms. The molecule has 0 spiro atoms. The van der Waals surface area contributed by atoms with E-state index < -0.39 is 9.84 Å². The highest BCUT2D eigenvalue weighted by atomic mass is 32.2. The number of fused-ring (bicyclic) bond motifs is 2. The Morgan fingerprint density at radius 1 is 1.14 bits per heavy atom. The molecular weight excluding hydrogens is 412 g/mol. The Balaban J connectivity index is 1.41. The van der Waals surface area contributed by atoms with Crippen LogP contribution in [0, 0.1) is 5.92 Å². The van der Waals surface area contributed by atoms with Gasteiger partial charge < -0.3 is 14.4 Å². The Morgan fingerprint density at radius 3 is 2.76 bits per heavy atom. The number of sulfone groups is 1. The third kappa shape index (κ3) is 3.86. The lowest BCUT2D eigenvalue weighted by molar-refractivity contribution is -0.122. The van der Waals surface area contributed by atoms with Crippen LogP contribution in [0.1, 0.15) is 37.7 Å². The van der Waals surface area contributed by atoms with E-state index in [1.807, 2.05) is 23.1 Å². The highest BCUT2D eigenvalue weighted by Crippen LogP contribution is 2.40. The van der Waals surface area contributed by atoms with Crippen molar-refractivity contribution in [3.8, 4) is 11.5 Å². The van der Waals surface area contributed by atoms with Gasteiger partial charge in [0.25, 0.3) is 5.91 Å². The molecule has 3 fully saturated rings. The summed E-state index contributed by atoms with van der Waals surface area (Å²) in [5.41, 5.74) is 0.984. The Hall–Kier alpha value is -1.74. The molecule has 7 nitrogen and oxygen atoms in total. The molecule has 0 radical (unpaired) electrons. The molecule has 4 aliphatic rings. The molecule has 1 aliphatic carbocycles. The van der Waals surface area contributed by atoms with Crippen molar-refractivity contribution in [1.82, 2.24) is 4.90 Å². The van der Waals surface area contributed by atoms with Crippen LogP contribution in [0.5, 0.6) is 11.5 Å². The molecule has 5 rings (SSSR count). The summed E-state index contributed by atoms with van der Waals surface area (Å²) >= 11 is 1.45. The molecular formula is C20H24N2O5S2. The molecule has 0 unspecified atom stereocenters. The Kier molecular flexibility index (Phi) is 4.98. The first-order chi connectivity index (χ1) is 14.0. The predicted octanol–water partition coefficient (Wildman–Crippen LogP) is 2.59. The van der Waals surface area contributed by atoms with Gasteiger partial charge in [-0.2, -0.15) is 4.99 Å². The molecule has 156 valence electrons. The zero-order valence-electron chi connectivity index (χ0n) is 16.1. The van der Waals surface area contributed by atoms with Crippen molar-refractivity contribution in [3.05, 3.63) is 23.8 Å². The molecule has 29 heavy (non-hydrogen) atoms. The van der Waals surface area contributed by atoms with Crippen LogP contribution in [0.4, 0.5) is 0 Å². The van der Waals surface area contributed by atoms with Gasteiger partial charge in [-0.05, 0) is 30.5 Å². The SMILES string of the molecule is O=C(N=C1S[C@@H]2CS(=O)(=O)C[C@H]2N1Cc1ccc2c(c1)OCO2)C1CCCCC1. The van der Waals surface area contributed by atoms with E-state index >= 15 is 0 Å². The van der Waals surface area contributed by atoms with Crippen molar-refractivity contribution >= 4 is 32.7 Å². The van der Waals surface area contributed by atoms with Crippen LogP contribution in [0.25, 0.3) is 0 Å². The third-order valence-corrected chi connectivity index (χ3v) is 9.37. The van der Waals surface area contributed by atoms with Gasteiger partial charge in [0.15, 0.2) is 26.5 Å². The van der Waals surface area contributed by atoms with E-state index in [1.165, 1.54) is 18.2 Å². The van der Waals surface area contributed by atoms with Crippen molar-refractivity contribution < 1.29 is 22.7 Å². The van der Waals surface area contributed by atoms with Crippen LogP contribution in [0.2, 0.25) is 0 Å². The zero-order chi connectivity index (χ0) is 20.0. The number of hydrogen-bond donors (Lipinski definition) is 0. The summed E-state index contributed by atoms with van der Waals surface area (Å²) in [6.45, 7) is 0.709. The second-order valence-electron chi connectivity index (χ2n) is 8.18. The lowest BCUT2D eigenvalue weighted by Gasteiger charge is -2.25. The minimum atomic E-state index is -3.06. The molecule has 1 amide bonds. The highest BCUT2D eigenvalue weighted by Gasteiger charge is 2.48. The molecule has 3 aliphatic heterocycles. The number of amidine groups is 1. The largest absolute Gasteiger partial charge is 0.454 e. The molecule has 2 saturated heterocycles. The molecule has 1 aromatic rings. The maximum Gasteiger partial charge on any atom is 0.251 e. The summed E-state index contributed by atoms with van der Waals surface area (Å²) in [4.78, 5) is 19.3. The van der Waals surface area contributed by atoms with Crippen molar-refractivity contribution in [2.75, 3.05) is 18.3 Å². The lowest BCUT2D eigenvalue weighted by atomic mass is 9.89. The van der Waals surface area contributed by atoms with Crippen molar-refractivity contribution in [1.29, 1.82) is 0 Å². The number of thioether (sulfide) groups is 1. The molecule has 3 heterocycles. The van der Waals surface area contributed by atoms with Crippen molar-refractivity contribution in [3.63, 3.8) is 0 Å². The number of amides is 1. The normalized spacial score (nSPS) is 29.4. The summed E-state index contributed by atoms with van der Waals surface area (Å²) in [5, 5.41) is 0.607. The minimum absolute atomic E-state index is 0.00779. The van der Waals surface area contributed by atoms with Gasteiger partial charge in [-0.3, -0.25) is 4.79 Å². The number of carbonyl (C=O) groups excluding carboxylic acids is 1. The van der Waals surface area contributed by atoms with Crippen LogP contribution in [0.3, 0.4) is 0 Å². The van der Waals surface area contributed by atoms with E-state index in [0.29, 0.717) is 23.2 Å². The fourth-order valence-corrected chi connectivity index (χ4v) is 8.55. The second kappa shape index (κ2) is 7.50. The van der Waals surface area contributed by atoms with Crippen molar-refractivity contribution in [2.45, 2.75) is 49.9 Å². The second-order valence-corrected chi connectivity index (χ2v) is 11.5. The maximum absolute atomic E-state index is 12.8. The summed E-state index contributed by atoms with van der Waals surface area (Å²) in [7, 11) is -3.06. The van der Waals surface area contributed by atoms with E-state index in [4.69, 9.17) is 9.47 Å². The summed E-state index contributed by atoms with van der Waals surface area (Å²) in [5.74, 6) is 1.63. The number of nitrogens with zero attached hydrogens (tertiary/aromatic N) is 2. The molecule has 1 saturated carbocycles. The van der Waals surface area contributed by atoms with Crippen LogP contribution in [-0.2, 0) is 21.2 Å². The number of rotatable bonds is 3. The fourth-order valence-electron chi connectivity index (χ4n) is 4.59. The first kappa shape index (κ1) is 19.2.